The van der Waals surface area contributed by atoms with Crippen molar-refractivity contribution in [2.24, 2.45) is 0 Å². The number of piperazine rings is 1. The lowest BCUT2D eigenvalue weighted by Crippen LogP contribution is -2.44. The van der Waals surface area contributed by atoms with Crippen LogP contribution < -0.4 is 10.2 Å². The second-order valence-corrected chi connectivity index (χ2v) is 8.46. The lowest BCUT2D eigenvalue weighted by Gasteiger charge is -2.33. The molecule has 3 aromatic heterocycles. The van der Waals surface area contributed by atoms with Gasteiger partial charge in [-0.3, -0.25) is 9.78 Å². The van der Waals surface area contributed by atoms with Gasteiger partial charge in [0.1, 0.15) is 5.82 Å². The summed E-state index contributed by atoms with van der Waals surface area (Å²) >= 11 is 0. The summed E-state index contributed by atoms with van der Waals surface area (Å²) in [5, 5.41) is 11.8. The predicted octanol–water partition coefficient (Wildman–Crippen LogP) is 4.03. The van der Waals surface area contributed by atoms with Gasteiger partial charge >= 0.3 is 0 Å². The first-order valence-electron chi connectivity index (χ1n) is 11.2. The number of likely N-dealkylation sites (N-methyl/N-ethyl adjacent to an activating group) is 1. The van der Waals surface area contributed by atoms with Gasteiger partial charge in [0.15, 0.2) is 5.82 Å². The number of carbonyl (C=O) groups is 1. The fraction of sp³-hybridized carbons (Fsp3) is 0.240. The van der Waals surface area contributed by atoms with Gasteiger partial charge in [-0.2, -0.15) is 0 Å². The Morgan fingerprint density at radius 1 is 0.971 bits per heavy atom. The average molecular weight is 476 g/mol. The first-order valence-corrected chi connectivity index (χ1v) is 11.2. The molecule has 1 fully saturated rings. The molecular formula is C25H23F2N7O. The van der Waals surface area contributed by atoms with Crippen molar-refractivity contribution in [1.82, 2.24) is 25.1 Å². The molecule has 1 amide bonds. The number of alkyl halides is 2. The zero-order valence-corrected chi connectivity index (χ0v) is 19.0. The van der Waals surface area contributed by atoms with Crippen LogP contribution in [-0.4, -0.2) is 64.2 Å². The molecule has 0 radical (unpaired) electrons. The van der Waals surface area contributed by atoms with Crippen LogP contribution in [0, 0.1) is 0 Å². The fourth-order valence-corrected chi connectivity index (χ4v) is 3.98. The normalized spacial score (nSPS) is 14.5. The number of nitrogens with zero attached hydrogens (tertiary/aromatic N) is 6. The summed E-state index contributed by atoms with van der Waals surface area (Å²) in [4.78, 5) is 25.7. The van der Waals surface area contributed by atoms with Crippen LogP contribution in [0.15, 0.2) is 61.1 Å². The minimum Gasteiger partial charge on any atom is -0.354 e. The highest BCUT2D eigenvalue weighted by molar-refractivity contribution is 6.04. The van der Waals surface area contributed by atoms with E-state index < -0.39 is 6.43 Å². The maximum atomic E-state index is 13.1. The van der Waals surface area contributed by atoms with Crippen molar-refractivity contribution in [3.63, 3.8) is 0 Å². The molecule has 1 aliphatic heterocycles. The van der Waals surface area contributed by atoms with E-state index in [4.69, 9.17) is 0 Å². The van der Waals surface area contributed by atoms with Crippen molar-refractivity contribution < 1.29 is 13.6 Å². The highest BCUT2D eigenvalue weighted by Gasteiger charge is 2.17. The molecule has 0 aliphatic carbocycles. The molecule has 0 bridgehead atoms. The Morgan fingerprint density at radius 2 is 1.80 bits per heavy atom. The number of hydrogen-bond donors (Lipinski definition) is 1. The number of carbonyl (C=O) groups excluding carboxylic acids is 1. The molecule has 1 aromatic carbocycles. The van der Waals surface area contributed by atoms with E-state index in [-0.39, 0.29) is 17.3 Å². The number of pyridine rings is 2. The van der Waals surface area contributed by atoms with Gasteiger partial charge in [-0.15, -0.1) is 10.2 Å². The highest BCUT2D eigenvalue weighted by Crippen LogP contribution is 2.27. The van der Waals surface area contributed by atoms with Gasteiger partial charge in [0.25, 0.3) is 12.3 Å². The fourth-order valence-electron chi connectivity index (χ4n) is 3.98. The molecule has 5 rings (SSSR count). The Morgan fingerprint density at radius 3 is 2.60 bits per heavy atom. The molecule has 1 saturated heterocycles. The van der Waals surface area contributed by atoms with Crippen LogP contribution in [0.2, 0.25) is 0 Å². The molecule has 1 aliphatic rings. The number of nitrogens with one attached hydrogen (secondary N) is 1. The molecule has 4 aromatic rings. The number of aromatic nitrogens is 4. The van der Waals surface area contributed by atoms with E-state index in [1.165, 1.54) is 12.3 Å². The molecule has 0 atom stereocenters. The van der Waals surface area contributed by atoms with E-state index in [1.54, 1.807) is 36.5 Å². The van der Waals surface area contributed by atoms with Crippen LogP contribution in [0.3, 0.4) is 0 Å². The molecule has 0 spiro atoms. The minimum absolute atomic E-state index is 0.142. The molecule has 4 heterocycles. The number of anilines is 2. The predicted molar refractivity (Wildman–Crippen MR) is 130 cm³/mol. The van der Waals surface area contributed by atoms with Crippen LogP contribution in [0.1, 0.15) is 22.3 Å². The van der Waals surface area contributed by atoms with Crippen molar-refractivity contribution in [3.05, 3.63) is 72.2 Å². The van der Waals surface area contributed by atoms with Crippen LogP contribution in [0.25, 0.3) is 22.0 Å². The third-order valence-corrected chi connectivity index (χ3v) is 6.01. The SMILES string of the molecule is CN1CCN(c2cc(C(=O)Nc3cc4cc(-c5cncc(C(F)F)c5)ccc4nn3)ccn2)CC1. The molecule has 0 unspecified atom stereocenters. The summed E-state index contributed by atoms with van der Waals surface area (Å²) in [5.74, 6) is 0.734. The molecule has 1 N–H and O–H groups in total. The van der Waals surface area contributed by atoms with E-state index in [0.717, 1.165) is 38.2 Å². The first-order chi connectivity index (χ1) is 17.0. The molecule has 35 heavy (non-hydrogen) atoms. The Bertz CT molecular complexity index is 1370. The molecule has 178 valence electrons. The second kappa shape index (κ2) is 9.67. The van der Waals surface area contributed by atoms with Gasteiger partial charge in [-0.25, -0.2) is 13.8 Å². The van der Waals surface area contributed by atoms with Crippen molar-refractivity contribution in [3.8, 4) is 11.1 Å². The van der Waals surface area contributed by atoms with E-state index in [2.05, 4.69) is 42.3 Å². The summed E-state index contributed by atoms with van der Waals surface area (Å²) in [6.45, 7) is 3.58. The molecule has 8 nitrogen and oxygen atoms in total. The molecule has 10 heteroatoms. The number of amides is 1. The Balaban J connectivity index is 1.36. The van der Waals surface area contributed by atoms with Crippen LogP contribution in [0.5, 0.6) is 0 Å². The largest absolute Gasteiger partial charge is 0.354 e. The summed E-state index contributed by atoms with van der Waals surface area (Å²) in [6, 6.07) is 11.9. The third kappa shape index (κ3) is 5.07. The van der Waals surface area contributed by atoms with E-state index in [9.17, 15) is 13.6 Å². The summed E-state index contributed by atoms with van der Waals surface area (Å²) < 4.78 is 26.1. The van der Waals surface area contributed by atoms with Crippen LogP contribution in [0.4, 0.5) is 20.4 Å². The van der Waals surface area contributed by atoms with Gasteiger partial charge in [0.2, 0.25) is 0 Å². The van der Waals surface area contributed by atoms with Crippen molar-refractivity contribution in [1.29, 1.82) is 0 Å². The third-order valence-electron chi connectivity index (χ3n) is 6.01. The van der Waals surface area contributed by atoms with E-state index in [0.29, 0.717) is 27.6 Å². The Hall–Kier alpha value is -4.05. The van der Waals surface area contributed by atoms with Gasteiger partial charge in [-0.05, 0) is 49.0 Å². The summed E-state index contributed by atoms with van der Waals surface area (Å²) in [6.07, 6.45) is 1.72. The van der Waals surface area contributed by atoms with Crippen molar-refractivity contribution >= 4 is 28.4 Å². The van der Waals surface area contributed by atoms with Crippen molar-refractivity contribution in [2.75, 3.05) is 43.4 Å². The zero-order chi connectivity index (χ0) is 24.4. The minimum atomic E-state index is -2.60. The Kier molecular flexibility index (Phi) is 6.28. The van der Waals surface area contributed by atoms with Crippen molar-refractivity contribution in [2.45, 2.75) is 6.43 Å². The number of halogens is 2. The maximum Gasteiger partial charge on any atom is 0.265 e. The monoisotopic (exact) mass is 475 g/mol. The lowest BCUT2D eigenvalue weighted by molar-refractivity contribution is 0.102. The van der Waals surface area contributed by atoms with Gasteiger partial charge in [0.05, 0.1) is 5.52 Å². The van der Waals surface area contributed by atoms with Crippen LogP contribution >= 0.6 is 0 Å². The summed E-state index contributed by atoms with van der Waals surface area (Å²) in [5.41, 5.74) is 2.23. The maximum absolute atomic E-state index is 13.1. The molecule has 0 saturated carbocycles. The topological polar surface area (TPSA) is 87.1 Å². The highest BCUT2D eigenvalue weighted by atomic mass is 19.3. The number of fused-ring (bicyclic) bond motifs is 1. The van der Waals surface area contributed by atoms with E-state index >= 15 is 0 Å². The first kappa shape index (κ1) is 22.7. The summed E-state index contributed by atoms with van der Waals surface area (Å²) in [7, 11) is 2.08. The van der Waals surface area contributed by atoms with E-state index in [1.807, 2.05) is 6.07 Å². The quantitative estimate of drug-likeness (QED) is 0.466. The number of rotatable bonds is 5. The zero-order valence-electron chi connectivity index (χ0n) is 19.0. The Labute approximate surface area is 200 Å². The van der Waals surface area contributed by atoms with Crippen LogP contribution in [-0.2, 0) is 0 Å². The average Bonchev–Trinajstić information content (AvgIpc) is 2.89. The van der Waals surface area contributed by atoms with Gasteiger partial charge in [-0.1, -0.05) is 6.07 Å². The lowest BCUT2D eigenvalue weighted by atomic mass is 10.0. The van der Waals surface area contributed by atoms with Gasteiger partial charge < -0.3 is 15.1 Å². The standard InChI is InChI=1S/C25H23F2N7O/c1-33-6-8-34(9-7-33)23-13-17(4-5-29-23)25(35)30-22-12-18-10-16(2-3-21(18)31-32-22)19-11-20(24(26)27)15-28-14-19/h2-5,10-15,24H,6-9H2,1H3,(H,30,32,35). The number of hydrogen-bond acceptors (Lipinski definition) is 7. The second-order valence-electron chi connectivity index (χ2n) is 8.46. The number of benzene rings is 1. The smallest absolute Gasteiger partial charge is 0.265 e. The molecular weight excluding hydrogens is 452 g/mol. The van der Waals surface area contributed by atoms with Gasteiger partial charge in [0, 0.05) is 66.8 Å².